The number of aromatic nitrogens is 2. The Balaban J connectivity index is 1.53. The van der Waals surface area contributed by atoms with E-state index in [1.54, 1.807) is 0 Å². The van der Waals surface area contributed by atoms with Crippen molar-refractivity contribution in [3.05, 3.63) is 18.2 Å². The second-order valence-corrected chi connectivity index (χ2v) is 7.08. The van der Waals surface area contributed by atoms with Crippen LogP contribution in [0.2, 0.25) is 0 Å². The summed E-state index contributed by atoms with van der Waals surface area (Å²) in [5.74, 6) is 1.35. The SMILES string of the molecule is CCN1C(=O)[C@H]2CN(Cc3nccn3C)CCN2C12CCOCC2. The van der Waals surface area contributed by atoms with Gasteiger partial charge < -0.3 is 14.2 Å². The number of piperazine rings is 1. The van der Waals surface area contributed by atoms with Gasteiger partial charge in [-0.3, -0.25) is 14.6 Å². The monoisotopic (exact) mass is 333 g/mol. The van der Waals surface area contributed by atoms with E-state index in [0.717, 1.165) is 64.6 Å². The number of hydrogen-bond donors (Lipinski definition) is 0. The summed E-state index contributed by atoms with van der Waals surface area (Å²) in [6.07, 6.45) is 5.68. The molecule has 1 spiro atoms. The number of nitrogens with zero attached hydrogens (tertiary/aromatic N) is 5. The topological polar surface area (TPSA) is 53.8 Å². The van der Waals surface area contributed by atoms with Crippen molar-refractivity contribution in [3.8, 4) is 0 Å². The Morgan fingerprint density at radius 3 is 2.79 bits per heavy atom. The third kappa shape index (κ3) is 2.37. The van der Waals surface area contributed by atoms with Crippen LogP contribution in [-0.4, -0.2) is 81.3 Å². The molecule has 0 aromatic carbocycles. The molecule has 0 saturated carbocycles. The first kappa shape index (κ1) is 16.1. The second-order valence-electron chi connectivity index (χ2n) is 7.08. The highest BCUT2D eigenvalue weighted by atomic mass is 16.5. The van der Waals surface area contributed by atoms with Crippen LogP contribution in [0.1, 0.15) is 25.6 Å². The van der Waals surface area contributed by atoms with E-state index in [2.05, 4.69) is 31.2 Å². The van der Waals surface area contributed by atoms with Gasteiger partial charge >= 0.3 is 0 Å². The van der Waals surface area contributed by atoms with Gasteiger partial charge in [0.2, 0.25) is 5.91 Å². The number of rotatable bonds is 3. The van der Waals surface area contributed by atoms with Crippen LogP contribution in [0.3, 0.4) is 0 Å². The van der Waals surface area contributed by atoms with E-state index in [9.17, 15) is 4.79 Å². The number of imidazole rings is 1. The Bertz CT molecular complexity index is 610. The minimum absolute atomic E-state index is 0.0166. The van der Waals surface area contributed by atoms with Crippen LogP contribution in [0, 0.1) is 0 Å². The highest BCUT2D eigenvalue weighted by Gasteiger charge is 2.57. The molecule has 0 bridgehead atoms. The third-order valence-corrected chi connectivity index (χ3v) is 5.95. The normalized spacial score (nSPS) is 27.8. The fraction of sp³-hybridized carbons (Fsp3) is 0.765. The van der Waals surface area contributed by atoms with Crippen molar-refractivity contribution in [2.75, 3.05) is 39.4 Å². The highest BCUT2D eigenvalue weighted by Crippen LogP contribution is 2.40. The average Bonchev–Trinajstić information content (AvgIpc) is 3.09. The molecule has 7 nitrogen and oxygen atoms in total. The lowest BCUT2D eigenvalue weighted by Gasteiger charge is -2.48. The fourth-order valence-corrected chi connectivity index (χ4v) is 4.69. The first-order valence-corrected chi connectivity index (χ1v) is 9.00. The average molecular weight is 333 g/mol. The molecule has 24 heavy (non-hydrogen) atoms. The van der Waals surface area contributed by atoms with Gasteiger partial charge in [-0.25, -0.2) is 4.98 Å². The minimum atomic E-state index is -0.107. The van der Waals surface area contributed by atoms with Gasteiger partial charge in [0.05, 0.1) is 19.8 Å². The molecule has 0 unspecified atom stereocenters. The van der Waals surface area contributed by atoms with Gasteiger partial charge in [0, 0.05) is 58.5 Å². The molecule has 4 heterocycles. The van der Waals surface area contributed by atoms with E-state index >= 15 is 0 Å². The molecule has 1 aromatic heterocycles. The lowest BCUT2D eigenvalue weighted by atomic mass is 9.96. The number of amides is 1. The Kier molecular flexibility index (Phi) is 4.10. The van der Waals surface area contributed by atoms with Gasteiger partial charge in [0.15, 0.2) is 0 Å². The van der Waals surface area contributed by atoms with Gasteiger partial charge in [0.1, 0.15) is 17.5 Å². The minimum Gasteiger partial charge on any atom is -0.381 e. The van der Waals surface area contributed by atoms with Crippen LogP contribution < -0.4 is 0 Å². The van der Waals surface area contributed by atoms with Gasteiger partial charge in [0.25, 0.3) is 0 Å². The summed E-state index contributed by atoms with van der Waals surface area (Å²) in [6, 6.07) is -0.0166. The van der Waals surface area contributed by atoms with Gasteiger partial charge in [-0.05, 0) is 6.92 Å². The van der Waals surface area contributed by atoms with Crippen LogP contribution in [0.4, 0.5) is 0 Å². The number of ether oxygens (including phenoxy) is 1. The molecule has 4 rings (SSSR count). The fourth-order valence-electron chi connectivity index (χ4n) is 4.69. The van der Waals surface area contributed by atoms with Crippen LogP contribution in [0.5, 0.6) is 0 Å². The quantitative estimate of drug-likeness (QED) is 0.795. The molecule has 132 valence electrons. The van der Waals surface area contributed by atoms with Crippen molar-refractivity contribution in [2.45, 2.75) is 38.0 Å². The lowest BCUT2D eigenvalue weighted by molar-refractivity contribution is -0.135. The van der Waals surface area contributed by atoms with Gasteiger partial charge in [-0.2, -0.15) is 0 Å². The van der Waals surface area contributed by atoms with Crippen molar-refractivity contribution < 1.29 is 9.53 Å². The van der Waals surface area contributed by atoms with E-state index in [1.807, 2.05) is 19.4 Å². The van der Waals surface area contributed by atoms with Crippen LogP contribution >= 0.6 is 0 Å². The van der Waals surface area contributed by atoms with Crippen molar-refractivity contribution >= 4 is 5.91 Å². The Hall–Kier alpha value is -1.44. The molecule has 1 amide bonds. The Morgan fingerprint density at radius 1 is 1.33 bits per heavy atom. The van der Waals surface area contributed by atoms with E-state index in [0.29, 0.717) is 5.91 Å². The van der Waals surface area contributed by atoms with Crippen molar-refractivity contribution in [1.82, 2.24) is 24.3 Å². The molecular formula is C17H27N5O2. The first-order valence-electron chi connectivity index (χ1n) is 9.00. The number of carbonyl (C=O) groups is 1. The number of fused-ring (bicyclic) bond motifs is 2. The molecule has 0 N–H and O–H groups in total. The van der Waals surface area contributed by atoms with Crippen LogP contribution in [0.15, 0.2) is 12.4 Å². The molecular weight excluding hydrogens is 306 g/mol. The van der Waals surface area contributed by atoms with E-state index in [-0.39, 0.29) is 11.7 Å². The zero-order chi connectivity index (χ0) is 16.7. The van der Waals surface area contributed by atoms with Crippen LogP contribution in [0.25, 0.3) is 0 Å². The van der Waals surface area contributed by atoms with Crippen molar-refractivity contribution in [2.24, 2.45) is 7.05 Å². The summed E-state index contributed by atoms with van der Waals surface area (Å²) < 4.78 is 7.64. The Labute approximate surface area is 143 Å². The van der Waals surface area contributed by atoms with Crippen molar-refractivity contribution in [1.29, 1.82) is 0 Å². The van der Waals surface area contributed by atoms with E-state index in [4.69, 9.17) is 4.74 Å². The molecule has 3 saturated heterocycles. The van der Waals surface area contributed by atoms with Crippen LogP contribution in [-0.2, 0) is 23.1 Å². The predicted molar refractivity (Wildman–Crippen MR) is 89.2 cm³/mol. The first-order chi connectivity index (χ1) is 11.7. The number of carbonyl (C=O) groups excluding carboxylic acids is 1. The van der Waals surface area contributed by atoms with E-state index < -0.39 is 0 Å². The molecule has 1 aromatic rings. The lowest BCUT2D eigenvalue weighted by Crippen LogP contribution is -2.61. The summed E-state index contributed by atoms with van der Waals surface area (Å²) in [6.45, 7) is 7.92. The molecule has 0 aliphatic carbocycles. The smallest absolute Gasteiger partial charge is 0.242 e. The molecule has 3 fully saturated rings. The maximum absolute atomic E-state index is 13.1. The number of hydrogen-bond acceptors (Lipinski definition) is 5. The largest absolute Gasteiger partial charge is 0.381 e. The zero-order valence-electron chi connectivity index (χ0n) is 14.6. The van der Waals surface area contributed by atoms with Crippen molar-refractivity contribution in [3.63, 3.8) is 0 Å². The van der Waals surface area contributed by atoms with Gasteiger partial charge in [-0.1, -0.05) is 0 Å². The van der Waals surface area contributed by atoms with Gasteiger partial charge in [-0.15, -0.1) is 0 Å². The summed E-state index contributed by atoms with van der Waals surface area (Å²) >= 11 is 0. The maximum Gasteiger partial charge on any atom is 0.242 e. The molecule has 0 radical (unpaired) electrons. The molecule has 1 atom stereocenters. The summed E-state index contributed by atoms with van der Waals surface area (Å²) in [4.78, 5) is 24.4. The number of aryl methyl sites for hydroxylation is 1. The Morgan fingerprint density at radius 2 is 2.12 bits per heavy atom. The summed E-state index contributed by atoms with van der Waals surface area (Å²) in [5.41, 5.74) is -0.107. The second kappa shape index (κ2) is 6.13. The zero-order valence-corrected chi connectivity index (χ0v) is 14.6. The standard InChI is InChI=1S/C17H27N5O2/c1-3-21-16(23)14-12-20(13-15-18-6-7-19(15)2)8-9-22(14)17(21)4-10-24-11-5-17/h6-7,14H,3-5,8-13H2,1-2H3/t14-/m1/s1. The molecule has 3 aliphatic heterocycles. The molecule has 7 heteroatoms. The number of likely N-dealkylation sites (N-methyl/N-ethyl adjacent to an activating group) is 1. The maximum atomic E-state index is 13.1. The summed E-state index contributed by atoms with van der Waals surface area (Å²) in [5, 5.41) is 0. The van der Waals surface area contributed by atoms with E-state index in [1.165, 1.54) is 0 Å². The molecule has 3 aliphatic rings. The highest BCUT2D eigenvalue weighted by molar-refractivity contribution is 5.85. The predicted octanol–water partition coefficient (Wildman–Crippen LogP) is 0.275. The summed E-state index contributed by atoms with van der Waals surface area (Å²) in [7, 11) is 2.02. The third-order valence-electron chi connectivity index (χ3n) is 5.95.